The van der Waals surface area contributed by atoms with Crippen LogP contribution in [0.4, 0.5) is 0 Å². The van der Waals surface area contributed by atoms with Crippen LogP contribution in [0.1, 0.15) is 42.1 Å². The summed E-state index contributed by atoms with van der Waals surface area (Å²) in [5.41, 5.74) is 1.50. The fourth-order valence-corrected chi connectivity index (χ4v) is 5.09. The molecular weight excluding hydrogens is 410 g/mol. The molecule has 1 aliphatic rings. The molecule has 0 aliphatic heterocycles. The van der Waals surface area contributed by atoms with Crippen LogP contribution >= 0.6 is 11.3 Å². The average Bonchev–Trinajstić information content (AvgIpc) is 3.31. The molecule has 0 radical (unpaired) electrons. The fourth-order valence-electron chi connectivity index (χ4n) is 4.16. The number of benzene rings is 2. The first kappa shape index (κ1) is 21.0. The van der Waals surface area contributed by atoms with Crippen molar-refractivity contribution in [3.63, 3.8) is 0 Å². The zero-order valence-electron chi connectivity index (χ0n) is 17.1. The van der Waals surface area contributed by atoms with Gasteiger partial charge in [-0.2, -0.15) is 5.26 Å². The molecule has 156 valence electrons. The highest BCUT2D eigenvalue weighted by Crippen LogP contribution is 2.41. The lowest BCUT2D eigenvalue weighted by Gasteiger charge is -2.16. The molecule has 2 unspecified atom stereocenters. The number of hydrogen-bond acceptors (Lipinski definition) is 6. The van der Waals surface area contributed by atoms with Crippen molar-refractivity contribution in [3.05, 3.63) is 59.7 Å². The summed E-state index contributed by atoms with van der Waals surface area (Å²) in [6.45, 7) is 1.48. The molecule has 0 saturated carbocycles. The second-order valence-corrected chi connectivity index (χ2v) is 8.92. The van der Waals surface area contributed by atoms with Gasteiger partial charge in [0.05, 0.1) is 0 Å². The van der Waals surface area contributed by atoms with Gasteiger partial charge >= 0.3 is 0 Å². The lowest BCUT2D eigenvalue weighted by Crippen LogP contribution is -2.20. The van der Waals surface area contributed by atoms with Crippen LogP contribution in [0.25, 0.3) is 10.1 Å². The van der Waals surface area contributed by atoms with Gasteiger partial charge in [-0.3, -0.25) is 14.4 Å². The van der Waals surface area contributed by atoms with Gasteiger partial charge in [-0.05, 0) is 43.7 Å². The van der Waals surface area contributed by atoms with Crippen molar-refractivity contribution in [1.82, 2.24) is 0 Å². The Bertz CT molecular complexity index is 1190. The van der Waals surface area contributed by atoms with Crippen LogP contribution in [0, 0.1) is 23.2 Å². The summed E-state index contributed by atoms with van der Waals surface area (Å²) in [6.07, 6.45) is 1.22. The van der Waals surface area contributed by atoms with E-state index in [1.165, 1.54) is 6.92 Å². The van der Waals surface area contributed by atoms with E-state index in [0.717, 1.165) is 20.7 Å². The second kappa shape index (κ2) is 8.83. The zero-order chi connectivity index (χ0) is 22.0. The number of ketones is 3. The van der Waals surface area contributed by atoms with Crippen LogP contribution < -0.4 is 4.74 Å². The summed E-state index contributed by atoms with van der Waals surface area (Å²) in [5, 5.41) is 10.6. The average molecular weight is 432 g/mol. The van der Waals surface area contributed by atoms with Gasteiger partial charge in [0.25, 0.3) is 0 Å². The molecule has 0 saturated heterocycles. The van der Waals surface area contributed by atoms with Crippen molar-refractivity contribution in [3.8, 4) is 16.9 Å². The van der Waals surface area contributed by atoms with E-state index in [1.807, 2.05) is 42.5 Å². The molecule has 1 heterocycles. The molecule has 2 aromatic carbocycles. The maximum absolute atomic E-state index is 13.0. The van der Waals surface area contributed by atoms with E-state index < -0.39 is 11.7 Å². The highest BCUT2D eigenvalue weighted by Gasteiger charge is 2.35. The number of nitriles is 1. The number of hydrogen-bond donors (Lipinski definition) is 0. The third kappa shape index (κ3) is 4.42. The maximum Gasteiger partial charge on any atom is 0.231 e. The predicted molar refractivity (Wildman–Crippen MR) is 119 cm³/mol. The van der Waals surface area contributed by atoms with Crippen molar-refractivity contribution in [2.45, 2.75) is 32.6 Å². The molecule has 4 rings (SSSR count). The topological polar surface area (TPSA) is 84.2 Å². The first-order chi connectivity index (χ1) is 15.0. The summed E-state index contributed by atoms with van der Waals surface area (Å²) < 4.78 is 7.30. The van der Waals surface area contributed by atoms with Gasteiger partial charge in [-0.1, -0.05) is 41.7 Å². The molecule has 0 N–H and O–H groups in total. The number of carbonyl (C=O) groups excluding carboxylic acids is 3. The van der Waals surface area contributed by atoms with Crippen molar-refractivity contribution >= 4 is 38.8 Å². The van der Waals surface area contributed by atoms with E-state index in [1.54, 1.807) is 23.5 Å². The summed E-state index contributed by atoms with van der Waals surface area (Å²) in [7, 11) is 0. The van der Waals surface area contributed by atoms with Crippen LogP contribution in [0.15, 0.2) is 48.5 Å². The number of fused-ring (bicyclic) bond motifs is 2. The fraction of sp³-hybridized carbons (Fsp3) is 0.280. The van der Waals surface area contributed by atoms with Crippen LogP contribution in [0.3, 0.4) is 0 Å². The van der Waals surface area contributed by atoms with Gasteiger partial charge in [-0.25, -0.2) is 0 Å². The number of thiophene rings is 1. The van der Waals surface area contributed by atoms with Gasteiger partial charge in [0, 0.05) is 40.1 Å². The normalized spacial score (nSPS) is 16.0. The molecule has 1 aliphatic carbocycles. The van der Waals surface area contributed by atoms with Crippen LogP contribution in [0.2, 0.25) is 0 Å². The molecule has 0 spiro atoms. The third-order valence-corrected chi connectivity index (χ3v) is 6.82. The first-order valence-electron chi connectivity index (χ1n) is 10.2. The monoisotopic (exact) mass is 431 g/mol. The molecule has 3 aromatic rings. The molecular formula is C25H21NO4S. The molecule has 0 bridgehead atoms. The maximum atomic E-state index is 13.0. The van der Waals surface area contributed by atoms with E-state index in [-0.39, 0.29) is 23.9 Å². The van der Waals surface area contributed by atoms with Gasteiger partial charge < -0.3 is 4.74 Å². The van der Waals surface area contributed by atoms with E-state index in [2.05, 4.69) is 0 Å². The van der Waals surface area contributed by atoms with Crippen molar-refractivity contribution in [2.24, 2.45) is 11.8 Å². The van der Waals surface area contributed by atoms with E-state index in [9.17, 15) is 14.4 Å². The van der Waals surface area contributed by atoms with Crippen molar-refractivity contribution in [1.29, 1.82) is 5.26 Å². The summed E-state index contributed by atoms with van der Waals surface area (Å²) in [4.78, 5) is 36.4. The second-order valence-electron chi connectivity index (χ2n) is 7.87. The first-order valence-corrected chi connectivity index (χ1v) is 11.0. The molecule has 0 fully saturated rings. The Morgan fingerprint density at radius 1 is 1.23 bits per heavy atom. The minimum atomic E-state index is -0.536. The van der Waals surface area contributed by atoms with Crippen LogP contribution in [0.5, 0.6) is 10.8 Å². The van der Waals surface area contributed by atoms with Gasteiger partial charge in [-0.15, -0.1) is 0 Å². The molecule has 6 heteroatoms. The highest BCUT2D eigenvalue weighted by atomic mass is 32.1. The van der Waals surface area contributed by atoms with Crippen molar-refractivity contribution < 1.29 is 19.1 Å². The molecule has 0 amide bonds. The highest BCUT2D eigenvalue weighted by molar-refractivity contribution is 7.20. The minimum Gasteiger partial charge on any atom is -0.446 e. The number of carbonyl (C=O) groups is 3. The minimum absolute atomic E-state index is 0.00894. The smallest absolute Gasteiger partial charge is 0.231 e. The number of ether oxygens (including phenoxy) is 1. The lowest BCUT2D eigenvalue weighted by molar-refractivity contribution is -0.121. The van der Waals surface area contributed by atoms with E-state index in [0.29, 0.717) is 30.6 Å². The third-order valence-electron chi connectivity index (χ3n) is 5.82. The van der Waals surface area contributed by atoms with Crippen molar-refractivity contribution in [2.75, 3.05) is 0 Å². The Balaban J connectivity index is 1.52. The SMILES string of the molecule is CC(=O)C(CCC(=O)C#N)CC1Cc2c(Oc3cc4ccccc4s3)cccc2C1=O. The quantitative estimate of drug-likeness (QED) is 0.439. The Morgan fingerprint density at radius 2 is 2.03 bits per heavy atom. The predicted octanol–water partition coefficient (Wildman–Crippen LogP) is 5.52. The Labute approximate surface area is 184 Å². The summed E-state index contributed by atoms with van der Waals surface area (Å²) >= 11 is 1.56. The molecule has 1 aromatic heterocycles. The van der Waals surface area contributed by atoms with E-state index in [4.69, 9.17) is 10.00 Å². The molecule has 31 heavy (non-hydrogen) atoms. The van der Waals surface area contributed by atoms with Crippen LogP contribution in [-0.4, -0.2) is 17.3 Å². The number of nitrogens with zero attached hydrogens (tertiary/aromatic N) is 1. The summed E-state index contributed by atoms with van der Waals surface area (Å²) in [5.74, 6) is -0.656. The Hall–Kier alpha value is -3.30. The van der Waals surface area contributed by atoms with Gasteiger partial charge in [0.2, 0.25) is 5.78 Å². The lowest BCUT2D eigenvalue weighted by atomic mass is 9.86. The Kier molecular flexibility index (Phi) is 5.97. The van der Waals surface area contributed by atoms with Gasteiger partial charge in [0.1, 0.15) is 17.6 Å². The molecule has 2 atom stereocenters. The molecule has 5 nitrogen and oxygen atoms in total. The standard InChI is InChI=1S/C25H21NO4S/c1-15(27)16(9-10-19(28)14-26)11-18-12-21-20(25(18)29)6-4-7-22(21)30-24-13-17-5-2-3-8-23(17)31-24/h2-8,13,16,18H,9-12H2,1H3. The van der Waals surface area contributed by atoms with Gasteiger partial charge in [0.15, 0.2) is 10.8 Å². The van der Waals surface area contributed by atoms with E-state index >= 15 is 0 Å². The summed E-state index contributed by atoms with van der Waals surface area (Å²) in [6, 6.07) is 17.1. The zero-order valence-corrected chi connectivity index (χ0v) is 17.9. The Morgan fingerprint density at radius 3 is 2.77 bits per heavy atom. The largest absolute Gasteiger partial charge is 0.446 e. The number of rotatable bonds is 8. The van der Waals surface area contributed by atoms with Crippen LogP contribution in [-0.2, 0) is 16.0 Å². The number of Topliss-reactive ketones (excluding diaryl/α,β-unsaturated/α-hetero) is 3.